The zero-order valence-electron chi connectivity index (χ0n) is 8.51. The number of nitrogens with one attached hydrogen (secondary N) is 1. The van der Waals surface area contributed by atoms with E-state index < -0.39 is 0 Å². The van der Waals surface area contributed by atoms with E-state index in [2.05, 4.69) is 21.2 Å². The number of aromatic amines is 1. The van der Waals surface area contributed by atoms with Gasteiger partial charge in [-0.05, 0) is 11.5 Å². The van der Waals surface area contributed by atoms with Gasteiger partial charge in [0.25, 0.3) is 0 Å². The van der Waals surface area contributed by atoms with Crippen LogP contribution >= 0.6 is 0 Å². The van der Waals surface area contributed by atoms with Gasteiger partial charge in [0.05, 0.1) is 5.69 Å². The molecule has 3 rings (SSSR count). The van der Waals surface area contributed by atoms with Gasteiger partial charge in [-0.15, -0.1) is 0 Å². The zero-order chi connectivity index (χ0) is 11.0. The number of rotatable bonds is 1. The van der Waals surface area contributed by atoms with Gasteiger partial charge in [0, 0.05) is 29.4 Å². The van der Waals surface area contributed by atoms with Gasteiger partial charge in [-0.1, -0.05) is 18.2 Å². The summed E-state index contributed by atoms with van der Waals surface area (Å²) < 4.78 is 0. The van der Waals surface area contributed by atoms with Crippen LogP contribution in [0.4, 0.5) is 5.82 Å². The highest BCUT2D eigenvalue weighted by molar-refractivity contribution is 5.95. The van der Waals surface area contributed by atoms with Crippen molar-refractivity contribution in [2.45, 2.75) is 0 Å². The summed E-state index contributed by atoms with van der Waals surface area (Å²) in [6.07, 6.45) is 3.63. The minimum atomic E-state index is 0.496. The van der Waals surface area contributed by atoms with Crippen LogP contribution in [0.3, 0.4) is 0 Å². The van der Waals surface area contributed by atoms with E-state index in [0.717, 1.165) is 22.0 Å². The second-order valence-corrected chi connectivity index (χ2v) is 3.61. The molecule has 3 aromatic rings. The van der Waals surface area contributed by atoms with Crippen LogP contribution in [-0.2, 0) is 0 Å². The van der Waals surface area contributed by atoms with Crippen LogP contribution < -0.4 is 5.73 Å². The Labute approximate surface area is 92.1 Å². The second-order valence-electron chi connectivity index (χ2n) is 3.61. The van der Waals surface area contributed by atoms with E-state index in [-0.39, 0.29) is 0 Å². The molecule has 0 unspecified atom stereocenters. The third kappa shape index (κ3) is 1.32. The molecule has 16 heavy (non-hydrogen) atoms. The van der Waals surface area contributed by atoms with Crippen molar-refractivity contribution in [1.29, 1.82) is 0 Å². The monoisotopic (exact) mass is 210 g/mol. The summed E-state index contributed by atoms with van der Waals surface area (Å²) in [5.41, 5.74) is 7.58. The third-order valence-electron chi connectivity index (χ3n) is 2.57. The molecule has 0 spiro atoms. The Kier molecular flexibility index (Phi) is 1.86. The van der Waals surface area contributed by atoms with E-state index in [9.17, 15) is 0 Å². The summed E-state index contributed by atoms with van der Waals surface area (Å²) >= 11 is 0. The van der Waals surface area contributed by atoms with Crippen molar-refractivity contribution >= 4 is 16.6 Å². The van der Waals surface area contributed by atoms with Gasteiger partial charge >= 0.3 is 0 Å². The highest BCUT2D eigenvalue weighted by atomic mass is 15.2. The van der Waals surface area contributed by atoms with Gasteiger partial charge in [-0.2, -0.15) is 5.10 Å². The van der Waals surface area contributed by atoms with Crippen molar-refractivity contribution in [1.82, 2.24) is 15.2 Å². The molecule has 4 heteroatoms. The lowest BCUT2D eigenvalue weighted by molar-refractivity contribution is 1.10. The predicted octanol–water partition coefficient (Wildman–Crippen LogP) is 2.21. The number of hydrogen-bond acceptors (Lipinski definition) is 3. The van der Waals surface area contributed by atoms with Gasteiger partial charge in [0.2, 0.25) is 0 Å². The smallest absolute Gasteiger partial charge is 0.145 e. The first-order valence-corrected chi connectivity index (χ1v) is 4.98. The highest BCUT2D eigenvalue weighted by Crippen LogP contribution is 2.26. The Balaban J connectivity index is 2.31. The molecule has 2 aromatic heterocycles. The zero-order valence-corrected chi connectivity index (χ0v) is 8.51. The maximum atomic E-state index is 5.60. The number of nitrogens with two attached hydrogens (primary N) is 1. The summed E-state index contributed by atoms with van der Waals surface area (Å²) in [6, 6.07) is 9.90. The topological polar surface area (TPSA) is 67.6 Å². The van der Waals surface area contributed by atoms with E-state index in [0.29, 0.717) is 5.82 Å². The Bertz CT molecular complexity index is 637. The Morgan fingerprint density at radius 2 is 2.12 bits per heavy atom. The molecular formula is C12H10N4. The number of nitrogens with zero attached hydrogens (tertiary/aromatic N) is 2. The maximum Gasteiger partial charge on any atom is 0.145 e. The van der Waals surface area contributed by atoms with Crippen molar-refractivity contribution in [2.75, 3.05) is 5.73 Å². The second kappa shape index (κ2) is 3.34. The van der Waals surface area contributed by atoms with E-state index >= 15 is 0 Å². The molecule has 0 aliphatic carbocycles. The molecule has 0 radical (unpaired) electrons. The van der Waals surface area contributed by atoms with Crippen LogP contribution in [0.5, 0.6) is 0 Å². The van der Waals surface area contributed by atoms with Gasteiger partial charge in [-0.25, -0.2) is 0 Å². The van der Waals surface area contributed by atoms with E-state index in [4.69, 9.17) is 5.73 Å². The summed E-state index contributed by atoms with van der Waals surface area (Å²) in [5.74, 6) is 0.496. The fraction of sp³-hybridized carbons (Fsp3) is 0. The maximum absolute atomic E-state index is 5.60. The van der Waals surface area contributed by atoms with Crippen molar-refractivity contribution < 1.29 is 0 Å². The first-order valence-electron chi connectivity index (χ1n) is 4.98. The molecule has 0 saturated carbocycles. The molecule has 3 N–H and O–H groups in total. The third-order valence-corrected chi connectivity index (χ3v) is 2.57. The van der Waals surface area contributed by atoms with Gasteiger partial charge in [0.1, 0.15) is 5.82 Å². The molecule has 0 amide bonds. The quantitative estimate of drug-likeness (QED) is 0.647. The predicted molar refractivity (Wildman–Crippen MR) is 63.7 cm³/mol. The highest BCUT2D eigenvalue weighted by Gasteiger charge is 2.05. The first-order chi connectivity index (χ1) is 7.84. The SMILES string of the molecule is Nc1cc(-c2cccc3ccncc23)[nH]n1. The van der Waals surface area contributed by atoms with Crippen LogP contribution in [0.1, 0.15) is 0 Å². The van der Waals surface area contributed by atoms with Crippen LogP contribution in [0.25, 0.3) is 22.0 Å². The summed E-state index contributed by atoms with van der Waals surface area (Å²) in [7, 11) is 0. The number of benzene rings is 1. The van der Waals surface area contributed by atoms with Crippen LogP contribution in [-0.4, -0.2) is 15.2 Å². The molecule has 4 nitrogen and oxygen atoms in total. The molecule has 2 heterocycles. The summed E-state index contributed by atoms with van der Waals surface area (Å²) in [5, 5.41) is 9.09. The normalized spacial score (nSPS) is 10.8. The molecular weight excluding hydrogens is 200 g/mol. The number of pyridine rings is 1. The molecule has 0 fully saturated rings. The number of hydrogen-bond donors (Lipinski definition) is 2. The minimum Gasteiger partial charge on any atom is -0.382 e. The molecule has 0 atom stereocenters. The minimum absolute atomic E-state index is 0.496. The lowest BCUT2D eigenvalue weighted by Crippen LogP contribution is -1.82. The van der Waals surface area contributed by atoms with Crippen LogP contribution in [0, 0.1) is 0 Å². The number of aromatic nitrogens is 3. The fourth-order valence-corrected chi connectivity index (χ4v) is 1.82. The molecule has 0 aliphatic heterocycles. The number of fused-ring (bicyclic) bond motifs is 1. The lowest BCUT2D eigenvalue weighted by atomic mass is 10.0. The van der Waals surface area contributed by atoms with Gasteiger partial charge < -0.3 is 5.73 Å². The number of anilines is 1. The molecule has 0 bridgehead atoms. The van der Waals surface area contributed by atoms with E-state index in [1.54, 1.807) is 6.20 Å². The van der Waals surface area contributed by atoms with Crippen molar-refractivity contribution in [3.8, 4) is 11.3 Å². The van der Waals surface area contributed by atoms with Crippen LogP contribution in [0.2, 0.25) is 0 Å². The Morgan fingerprint density at radius 3 is 2.94 bits per heavy atom. The molecule has 78 valence electrons. The van der Waals surface area contributed by atoms with Crippen LogP contribution in [0.15, 0.2) is 42.7 Å². The fourth-order valence-electron chi connectivity index (χ4n) is 1.82. The average molecular weight is 210 g/mol. The van der Waals surface area contributed by atoms with Crippen molar-refractivity contribution in [3.05, 3.63) is 42.7 Å². The van der Waals surface area contributed by atoms with Crippen molar-refractivity contribution in [3.63, 3.8) is 0 Å². The number of nitrogen functional groups attached to an aromatic ring is 1. The molecule has 0 aliphatic rings. The lowest BCUT2D eigenvalue weighted by Gasteiger charge is -2.02. The number of H-pyrrole nitrogens is 1. The van der Waals surface area contributed by atoms with E-state index in [1.807, 2.05) is 30.5 Å². The standard InChI is InChI=1S/C12H10N4/c13-12-6-11(15-16-12)9-3-1-2-8-4-5-14-7-10(8)9/h1-7H,(H3,13,15,16). The molecule has 1 aromatic carbocycles. The van der Waals surface area contributed by atoms with Crippen molar-refractivity contribution in [2.24, 2.45) is 0 Å². The van der Waals surface area contributed by atoms with Gasteiger partial charge in [0.15, 0.2) is 0 Å². The first kappa shape index (κ1) is 8.91. The molecule has 0 saturated heterocycles. The summed E-state index contributed by atoms with van der Waals surface area (Å²) in [6.45, 7) is 0. The van der Waals surface area contributed by atoms with E-state index in [1.165, 1.54) is 0 Å². The Hall–Kier alpha value is -2.36. The largest absolute Gasteiger partial charge is 0.382 e. The Morgan fingerprint density at radius 1 is 1.19 bits per heavy atom. The average Bonchev–Trinajstić information content (AvgIpc) is 2.75. The van der Waals surface area contributed by atoms with Gasteiger partial charge in [-0.3, -0.25) is 10.1 Å². The summed E-state index contributed by atoms with van der Waals surface area (Å²) in [4.78, 5) is 4.14.